The van der Waals surface area contributed by atoms with Crippen LogP contribution in [0.3, 0.4) is 0 Å². The largest absolute Gasteiger partial charge is 0.495 e. The fourth-order valence-corrected chi connectivity index (χ4v) is 4.99. The smallest absolute Gasteiger partial charge is 0.354 e. The van der Waals surface area contributed by atoms with Crippen LogP contribution in [0.25, 0.3) is 28.4 Å². The van der Waals surface area contributed by atoms with Crippen LogP contribution in [0.5, 0.6) is 5.75 Å². The number of rotatable bonds is 5. The van der Waals surface area contributed by atoms with Gasteiger partial charge in [-0.25, -0.2) is 14.6 Å². The molecular formula is C27H25N3O8. The van der Waals surface area contributed by atoms with Gasteiger partial charge < -0.3 is 29.2 Å². The molecule has 11 nitrogen and oxygen atoms in total. The van der Waals surface area contributed by atoms with Gasteiger partial charge in [0.05, 0.1) is 43.2 Å². The maximum atomic E-state index is 13.4. The Balaban J connectivity index is 1.68. The Morgan fingerprint density at radius 2 is 2.03 bits per heavy atom. The zero-order chi connectivity index (χ0) is 27.4. The Morgan fingerprint density at radius 3 is 2.68 bits per heavy atom. The van der Waals surface area contributed by atoms with Crippen molar-refractivity contribution in [1.29, 1.82) is 0 Å². The molecule has 4 heterocycles. The number of carbonyl (C=O) groups excluding carboxylic acids is 3. The lowest BCUT2D eigenvalue weighted by atomic mass is 9.86. The van der Waals surface area contributed by atoms with E-state index in [4.69, 9.17) is 19.2 Å². The Bertz CT molecular complexity index is 1640. The molecule has 0 aliphatic carbocycles. The van der Waals surface area contributed by atoms with E-state index in [0.717, 1.165) is 5.56 Å². The lowest BCUT2D eigenvalue weighted by Crippen LogP contribution is -2.44. The summed E-state index contributed by atoms with van der Waals surface area (Å²) in [6.07, 6.45) is 1.51. The van der Waals surface area contributed by atoms with Gasteiger partial charge in [-0.1, -0.05) is 6.92 Å². The van der Waals surface area contributed by atoms with Crippen LogP contribution >= 0.6 is 0 Å². The van der Waals surface area contributed by atoms with E-state index in [1.54, 1.807) is 29.7 Å². The number of ether oxygens (including phenoxy) is 3. The predicted molar refractivity (Wildman–Crippen MR) is 135 cm³/mol. The van der Waals surface area contributed by atoms with Gasteiger partial charge >= 0.3 is 11.9 Å². The van der Waals surface area contributed by atoms with Gasteiger partial charge in [0.25, 0.3) is 5.56 Å². The summed E-state index contributed by atoms with van der Waals surface area (Å²) in [5.74, 6) is -1.53. The monoisotopic (exact) mass is 519 g/mol. The van der Waals surface area contributed by atoms with Crippen LogP contribution in [-0.2, 0) is 42.6 Å². The molecule has 38 heavy (non-hydrogen) atoms. The number of nitrogens with one attached hydrogen (secondary N) is 1. The summed E-state index contributed by atoms with van der Waals surface area (Å²) in [5, 5.41) is 14.1. The molecule has 0 spiro atoms. The van der Waals surface area contributed by atoms with Gasteiger partial charge in [0.1, 0.15) is 18.1 Å². The van der Waals surface area contributed by atoms with Crippen LogP contribution in [0.4, 0.5) is 0 Å². The number of hydrogen-bond acceptors (Lipinski definition) is 9. The van der Waals surface area contributed by atoms with Crippen molar-refractivity contribution in [2.24, 2.45) is 0 Å². The molecule has 2 N–H and O–H groups in total. The maximum absolute atomic E-state index is 13.4. The first kappa shape index (κ1) is 25.2. The molecule has 0 bridgehead atoms. The normalized spacial score (nSPS) is 17.8. The quantitative estimate of drug-likeness (QED) is 0.297. The molecule has 3 aromatic rings. The highest BCUT2D eigenvalue weighted by Gasteiger charge is 2.45. The number of hydrogen-bond donors (Lipinski definition) is 2. The topological polar surface area (TPSA) is 146 Å². The van der Waals surface area contributed by atoms with E-state index in [1.807, 2.05) is 6.07 Å². The summed E-state index contributed by atoms with van der Waals surface area (Å²) in [4.78, 5) is 54.3. The molecule has 0 radical (unpaired) electrons. The molecule has 0 fully saturated rings. The van der Waals surface area contributed by atoms with Crippen molar-refractivity contribution in [2.45, 2.75) is 39.0 Å². The van der Waals surface area contributed by atoms with E-state index in [0.29, 0.717) is 33.6 Å². The third-order valence-electron chi connectivity index (χ3n) is 6.89. The number of aliphatic hydroxyl groups is 1. The number of pyridine rings is 2. The van der Waals surface area contributed by atoms with Gasteiger partial charge in [0.15, 0.2) is 5.60 Å². The summed E-state index contributed by atoms with van der Waals surface area (Å²) in [5.41, 5.74) is 1.01. The third-order valence-corrected chi connectivity index (χ3v) is 6.89. The van der Waals surface area contributed by atoms with Gasteiger partial charge in [-0.2, -0.15) is 0 Å². The van der Waals surface area contributed by atoms with Gasteiger partial charge in [-0.15, -0.1) is 0 Å². The Kier molecular flexibility index (Phi) is 6.03. The fourth-order valence-electron chi connectivity index (χ4n) is 4.99. The van der Waals surface area contributed by atoms with Gasteiger partial charge in [-0.3, -0.25) is 9.59 Å². The van der Waals surface area contributed by atoms with Crippen molar-refractivity contribution >= 4 is 34.8 Å². The van der Waals surface area contributed by atoms with Gasteiger partial charge in [0, 0.05) is 29.0 Å². The van der Waals surface area contributed by atoms with Crippen LogP contribution in [0.15, 0.2) is 34.8 Å². The molecule has 0 saturated heterocycles. The minimum absolute atomic E-state index is 0.0548. The highest BCUT2D eigenvalue weighted by Crippen LogP contribution is 2.40. The van der Waals surface area contributed by atoms with Crippen molar-refractivity contribution in [3.63, 3.8) is 0 Å². The summed E-state index contributed by atoms with van der Waals surface area (Å²) in [6, 6.07) is 6.91. The van der Waals surface area contributed by atoms with Crippen molar-refractivity contribution < 1.29 is 33.7 Å². The van der Waals surface area contributed by atoms with E-state index < -0.39 is 23.4 Å². The minimum atomic E-state index is -1.91. The number of esters is 2. The summed E-state index contributed by atoms with van der Waals surface area (Å²) in [7, 11) is 2.69. The van der Waals surface area contributed by atoms with Crippen LogP contribution in [0, 0.1) is 0 Å². The first-order valence-electron chi connectivity index (χ1n) is 11.9. The average molecular weight is 520 g/mol. The number of methoxy groups -OCH3 is 2. The molecule has 2 aromatic heterocycles. The molecule has 1 aromatic carbocycles. The highest BCUT2D eigenvalue weighted by molar-refractivity contribution is 6.00. The Morgan fingerprint density at radius 1 is 1.26 bits per heavy atom. The average Bonchev–Trinajstić information content (AvgIpc) is 3.26. The minimum Gasteiger partial charge on any atom is -0.495 e. The van der Waals surface area contributed by atoms with Crippen LogP contribution in [-0.4, -0.2) is 46.7 Å². The van der Waals surface area contributed by atoms with Crippen LogP contribution in [0.2, 0.25) is 0 Å². The van der Waals surface area contributed by atoms with Crippen molar-refractivity contribution in [1.82, 2.24) is 14.9 Å². The molecule has 196 valence electrons. The van der Waals surface area contributed by atoms with Gasteiger partial charge in [-0.05, 0) is 36.8 Å². The van der Waals surface area contributed by atoms with Crippen molar-refractivity contribution in [2.75, 3.05) is 14.2 Å². The second-order valence-corrected chi connectivity index (χ2v) is 9.08. The first-order valence-corrected chi connectivity index (χ1v) is 11.9. The fraction of sp³-hybridized carbons (Fsp3) is 0.296. The van der Waals surface area contributed by atoms with Crippen LogP contribution in [0.1, 0.15) is 42.5 Å². The maximum Gasteiger partial charge on any atom is 0.354 e. The number of benzene rings is 1. The van der Waals surface area contributed by atoms with Crippen molar-refractivity contribution in [3.8, 4) is 17.1 Å². The van der Waals surface area contributed by atoms with E-state index in [2.05, 4.69) is 5.32 Å². The number of carbonyl (C=O) groups is 3. The van der Waals surface area contributed by atoms with E-state index in [1.165, 1.54) is 27.2 Å². The molecule has 5 rings (SSSR count). The standard InChI is InChI=1S/C27H25N3O8/c1-5-27(35)18-10-21-22-15(11-30(21)24(32)17(18)12-38-26(27)34)8-16-19(29-22)7-6-14(23(16)36-3)9-20(25(33)37-4)28-13(2)31/h6-10,35H,5,11-12H2,1-4H3,(H,28,31)/b20-9-/t27-/m0/s1. The third kappa shape index (κ3) is 3.74. The van der Waals surface area contributed by atoms with Crippen LogP contribution < -0.4 is 15.6 Å². The zero-order valence-corrected chi connectivity index (χ0v) is 21.2. The molecule has 0 saturated carbocycles. The van der Waals surface area contributed by atoms with E-state index >= 15 is 0 Å². The summed E-state index contributed by atoms with van der Waals surface area (Å²) >= 11 is 0. The highest BCUT2D eigenvalue weighted by atomic mass is 16.6. The Labute approximate surface area is 216 Å². The van der Waals surface area contributed by atoms with Crippen molar-refractivity contribution in [3.05, 3.63) is 62.6 Å². The van der Waals surface area contributed by atoms with E-state index in [-0.39, 0.29) is 42.0 Å². The zero-order valence-electron chi connectivity index (χ0n) is 21.2. The predicted octanol–water partition coefficient (Wildman–Crippen LogP) is 1.74. The number of nitrogens with zero attached hydrogens (tertiary/aromatic N) is 2. The number of aromatic nitrogens is 2. The molecule has 2 aliphatic rings. The SMILES string of the molecule is CC[C@@]1(O)C(=O)OCc2c1cc1n(c2=O)Cc2cc3c(OC)c(/C=C(\NC(C)=O)C(=O)OC)ccc3nc2-1. The van der Waals surface area contributed by atoms with E-state index in [9.17, 15) is 24.3 Å². The molecule has 2 aliphatic heterocycles. The lowest BCUT2D eigenvalue weighted by Gasteiger charge is -2.31. The molecule has 1 atom stereocenters. The molecule has 1 amide bonds. The first-order chi connectivity index (χ1) is 18.1. The Hall–Kier alpha value is -4.51. The number of fused-ring (bicyclic) bond motifs is 5. The molecule has 11 heteroatoms. The molecule has 0 unspecified atom stereocenters. The lowest BCUT2D eigenvalue weighted by molar-refractivity contribution is -0.172. The summed E-state index contributed by atoms with van der Waals surface area (Å²) < 4.78 is 17.1. The molecular weight excluding hydrogens is 494 g/mol. The summed E-state index contributed by atoms with van der Waals surface area (Å²) in [6.45, 7) is 2.95. The number of amides is 1. The number of cyclic esters (lactones) is 1. The van der Waals surface area contributed by atoms with Gasteiger partial charge in [0.2, 0.25) is 5.91 Å². The second-order valence-electron chi connectivity index (χ2n) is 9.08. The second kappa shape index (κ2) is 9.10.